The summed E-state index contributed by atoms with van der Waals surface area (Å²) in [6.07, 6.45) is 5.62. The number of nitrogens with zero attached hydrogens (tertiary/aromatic N) is 2. The molecule has 0 saturated heterocycles. The number of carbonyl (C=O) groups is 2. The average molecular weight is 354 g/mol. The summed E-state index contributed by atoms with van der Waals surface area (Å²) in [4.78, 5) is 25.5. The first kappa shape index (κ1) is 16.0. The third-order valence-electron chi connectivity index (χ3n) is 4.74. The molecule has 1 aromatic heterocycles. The molecule has 4 rings (SSSR count). The second-order valence-corrected chi connectivity index (χ2v) is 7.06. The number of fused-ring (bicyclic) bond motifs is 1. The van der Waals surface area contributed by atoms with Gasteiger partial charge in [0.2, 0.25) is 0 Å². The molecule has 1 aliphatic heterocycles. The summed E-state index contributed by atoms with van der Waals surface area (Å²) in [5.74, 6) is 0.172. The third kappa shape index (κ3) is 2.55. The van der Waals surface area contributed by atoms with E-state index in [1.54, 1.807) is 16.4 Å². The molecule has 1 aliphatic carbocycles. The Labute approximate surface area is 149 Å². The van der Waals surface area contributed by atoms with Crippen LogP contribution in [0.5, 0.6) is 0 Å². The highest BCUT2D eigenvalue weighted by molar-refractivity contribution is 7.98. The van der Waals surface area contributed by atoms with Crippen molar-refractivity contribution in [3.8, 4) is 0 Å². The van der Waals surface area contributed by atoms with Crippen molar-refractivity contribution in [3.05, 3.63) is 52.9 Å². The van der Waals surface area contributed by atoms with Crippen molar-refractivity contribution in [2.75, 3.05) is 11.6 Å². The van der Waals surface area contributed by atoms with E-state index in [2.05, 4.69) is 10.4 Å². The highest BCUT2D eigenvalue weighted by atomic mass is 32.2. The number of amides is 1. The lowest BCUT2D eigenvalue weighted by Gasteiger charge is -2.33. The van der Waals surface area contributed by atoms with Gasteiger partial charge in [-0.3, -0.25) is 9.59 Å². The van der Waals surface area contributed by atoms with Crippen LogP contribution in [0.2, 0.25) is 0 Å². The maximum Gasteiger partial charge on any atom is 0.254 e. The molecule has 128 valence electrons. The van der Waals surface area contributed by atoms with Gasteiger partial charge < -0.3 is 11.1 Å². The Morgan fingerprint density at radius 2 is 2.08 bits per heavy atom. The summed E-state index contributed by atoms with van der Waals surface area (Å²) in [5, 5.41) is 7.60. The normalized spacial score (nSPS) is 19.2. The lowest BCUT2D eigenvalue weighted by molar-refractivity contribution is -0.116. The van der Waals surface area contributed by atoms with E-state index in [0.29, 0.717) is 17.8 Å². The lowest BCUT2D eigenvalue weighted by atomic mass is 9.85. The summed E-state index contributed by atoms with van der Waals surface area (Å²) in [5.41, 5.74) is 8.42. The van der Waals surface area contributed by atoms with Gasteiger partial charge in [0.1, 0.15) is 17.4 Å². The van der Waals surface area contributed by atoms with Crippen molar-refractivity contribution in [3.63, 3.8) is 0 Å². The number of Topliss-reactive ketones (excluding diaryl/α,β-unsaturated/α-hetero) is 1. The molecule has 0 spiro atoms. The Balaban J connectivity index is 1.90. The molecule has 3 N–H and O–H groups in total. The summed E-state index contributed by atoms with van der Waals surface area (Å²) in [6.45, 7) is 0. The number of allylic oxidation sites excluding steroid dienone is 2. The number of nitrogens with two attached hydrogens (primary N) is 1. The van der Waals surface area contributed by atoms with Gasteiger partial charge in [0.15, 0.2) is 5.78 Å². The zero-order valence-electron chi connectivity index (χ0n) is 13.8. The Kier molecular flexibility index (Phi) is 3.88. The summed E-state index contributed by atoms with van der Waals surface area (Å²) < 4.78 is 1.70. The molecule has 2 aromatic rings. The number of rotatable bonds is 3. The Morgan fingerprint density at radius 3 is 2.76 bits per heavy atom. The van der Waals surface area contributed by atoms with Gasteiger partial charge >= 0.3 is 0 Å². The number of anilines is 1. The number of benzene rings is 1. The van der Waals surface area contributed by atoms with Crippen LogP contribution in [-0.4, -0.2) is 27.7 Å². The molecule has 1 amide bonds. The summed E-state index contributed by atoms with van der Waals surface area (Å²) in [6, 6.07) is 7.78. The molecule has 7 heteroatoms. The van der Waals surface area contributed by atoms with Crippen molar-refractivity contribution in [2.24, 2.45) is 5.73 Å². The van der Waals surface area contributed by atoms with E-state index in [9.17, 15) is 9.59 Å². The molecule has 0 radical (unpaired) electrons. The molecule has 2 heterocycles. The fraction of sp³-hybridized carbons (Fsp3) is 0.278. The van der Waals surface area contributed by atoms with E-state index in [4.69, 9.17) is 5.73 Å². The first-order valence-electron chi connectivity index (χ1n) is 8.14. The third-order valence-corrected chi connectivity index (χ3v) is 5.48. The summed E-state index contributed by atoms with van der Waals surface area (Å²) >= 11 is 1.67. The van der Waals surface area contributed by atoms with E-state index in [1.807, 2.05) is 30.5 Å². The van der Waals surface area contributed by atoms with Gasteiger partial charge in [-0.05, 0) is 36.8 Å². The van der Waals surface area contributed by atoms with Gasteiger partial charge in [-0.1, -0.05) is 12.1 Å². The molecule has 1 aromatic carbocycles. The van der Waals surface area contributed by atoms with Crippen molar-refractivity contribution in [1.29, 1.82) is 0 Å². The first-order valence-corrected chi connectivity index (χ1v) is 9.37. The van der Waals surface area contributed by atoms with Crippen LogP contribution in [0.3, 0.4) is 0 Å². The molecule has 6 nitrogen and oxygen atoms in total. The minimum atomic E-state index is -0.531. The van der Waals surface area contributed by atoms with E-state index < -0.39 is 5.91 Å². The van der Waals surface area contributed by atoms with Gasteiger partial charge in [0.25, 0.3) is 5.91 Å². The van der Waals surface area contributed by atoms with Crippen molar-refractivity contribution >= 4 is 29.3 Å². The smallest absolute Gasteiger partial charge is 0.254 e. The van der Waals surface area contributed by atoms with Gasteiger partial charge in [-0.25, -0.2) is 4.68 Å². The van der Waals surface area contributed by atoms with E-state index in [-0.39, 0.29) is 11.8 Å². The summed E-state index contributed by atoms with van der Waals surface area (Å²) in [7, 11) is 0. The maximum atomic E-state index is 12.7. The van der Waals surface area contributed by atoms with Crippen LogP contribution in [0.1, 0.15) is 41.2 Å². The number of primary amides is 1. The van der Waals surface area contributed by atoms with Crippen LogP contribution in [0.4, 0.5) is 5.82 Å². The molecule has 0 bridgehead atoms. The van der Waals surface area contributed by atoms with Crippen LogP contribution < -0.4 is 11.1 Å². The van der Waals surface area contributed by atoms with Crippen LogP contribution in [0, 0.1) is 0 Å². The standard InChI is InChI=1S/C18H18N4O2S/c1-25-11-7-5-10(6-8-11)16-15-13(3-2-4-14(15)23)21-18-12(17(19)24)9-20-22(16)18/h5-9,16,21H,2-4H2,1H3,(H2,19,24)/t16-/m0/s1. The van der Waals surface area contributed by atoms with E-state index in [1.165, 1.54) is 6.20 Å². The Bertz CT molecular complexity index is 898. The number of carbonyl (C=O) groups excluding carboxylic acids is 2. The van der Waals surface area contributed by atoms with E-state index >= 15 is 0 Å². The van der Waals surface area contributed by atoms with Gasteiger partial charge in [-0.2, -0.15) is 5.10 Å². The van der Waals surface area contributed by atoms with Crippen LogP contribution in [0.25, 0.3) is 0 Å². The molecule has 25 heavy (non-hydrogen) atoms. The molecule has 2 aliphatic rings. The Morgan fingerprint density at radius 1 is 1.32 bits per heavy atom. The predicted molar refractivity (Wildman–Crippen MR) is 96.6 cm³/mol. The highest BCUT2D eigenvalue weighted by Crippen LogP contribution is 2.41. The second kappa shape index (κ2) is 6.07. The van der Waals surface area contributed by atoms with Crippen molar-refractivity contribution in [2.45, 2.75) is 30.2 Å². The van der Waals surface area contributed by atoms with Crippen LogP contribution >= 0.6 is 11.8 Å². The SMILES string of the molecule is CSc1ccc([C@H]2C3=C(CCCC3=O)Nc3c(C(N)=O)cnn32)cc1. The fourth-order valence-electron chi connectivity index (χ4n) is 3.53. The minimum absolute atomic E-state index is 0.134. The van der Waals surface area contributed by atoms with Crippen molar-refractivity contribution < 1.29 is 9.59 Å². The van der Waals surface area contributed by atoms with Crippen molar-refractivity contribution in [1.82, 2.24) is 9.78 Å². The van der Waals surface area contributed by atoms with Gasteiger partial charge in [0.05, 0.1) is 6.20 Å². The average Bonchev–Trinajstić information content (AvgIpc) is 3.04. The monoisotopic (exact) mass is 354 g/mol. The number of ketones is 1. The lowest BCUT2D eigenvalue weighted by Crippen LogP contribution is -2.32. The fourth-order valence-corrected chi connectivity index (χ4v) is 3.94. The van der Waals surface area contributed by atoms with Crippen LogP contribution in [-0.2, 0) is 4.79 Å². The number of hydrogen-bond acceptors (Lipinski definition) is 5. The van der Waals surface area contributed by atoms with E-state index in [0.717, 1.165) is 34.6 Å². The first-order chi connectivity index (χ1) is 12.1. The number of aromatic nitrogens is 2. The largest absolute Gasteiger partial charge is 0.365 e. The quantitative estimate of drug-likeness (QED) is 0.827. The molecular formula is C18H18N4O2S. The molecule has 0 unspecified atom stereocenters. The molecule has 1 atom stereocenters. The molecular weight excluding hydrogens is 336 g/mol. The minimum Gasteiger partial charge on any atom is -0.365 e. The number of nitrogens with one attached hydrogen (secondary N) is 1. The zero-order chi connectivity index (χ0) is 17.6. The highest BCUT2D eigenvalue weighted by Gasteiger charge is 2.37. The molecule has 0 saturated carbocycles. The second-order valence-electron chi connectivity index (χ2n) is 6.19. The van der Waals surface area contributed by atoms with Gasteiger partial charge in [0, 0.05) is 22.6 Å². The number of hydrogen-bond donors (Lipinski definition) is 2. The zero-order valence-corrected chi connectivity index (χ0v) is 14.6. The van der Waals surface area contributed by atoms with Crippen LogP contribution in [0.15, 0.2) is 46.6 Å². The molecule has 0 fully saturated rings. The Hall–Kier alpha value is -2.54. The number of thioether (sulfide) groups is 1. The topological polar surface area (TPSA) is 90.0 Å². The maximum absolute atomic E-state index is 12.7. The van der Waals surface area contributed by atoms with Gasteiger partial charge in [-0.15, -0.1) is 11.8 Å². The predicted octanol–water partition coefficient (Wildman–Crippen LogP) is 2.73.